The van der Waals surface area contributed by atoms with E-state index in [9.17, 15) is 19.1 Å². The number of aromatic nitrogens is 1. The van der Waals surface area contributed by atoms with Crippen molar-refractivity contribution in [3.63, 3.8) is 0 Å². The molecular weight excluding hydrogens is 404 g/mol. The predicted molar refractivity (Wildman–Crippen MR) is 107 cm³/mol. The van der Waals surface area contributed by atoms with E-state index in [1.165, 1.54) is 13.3 Å². The quantitative estimate of drug-likeness (QED) is 0.655. The van der Waals surface area contributed by atoms with Crippen LogP contribution in [0.15, 0.2) is 27.4 Å². The van der Waals surface area contributed by atoms with Crippen molar-refractivity contribution in [1.82, 2.24) is 4.40 Å². The van der Waals surface area contributed by atoms with E-state index in [0.717, 1.165) is 17.4 Å². The van der Waals surface area contributed by atoms with Gasteiger partial charge in [-0.25, -0.2) is 13.6 Å². The Labute approximate surface area is 167 Å². The molecule has 10 heteroatoms. The summed E-state index contributed by atoms with van der Waals surface area (Å²) in [7, 11) is 1.52. The number of halogens is 2. The Morgan fingerprint density at radius 3 is 3.00 bits per heavy atom. The summed E-state index contributed by atoms with van der Waals surface area (Å²) in [5, 5.41) is 11.1. The first-order valence-electron chi connectivity index (χ1n) is 8.84. The molecule has 1 fully saturated rings. The number of aromatic carboxylic acids is 1. The second-order valence-electron chi connectivity index (χ2n) is 6.58. The van der Waals surface area contributed by atoms with Crippen molar-refractivity contribution in [3.05, 3.63) is 44.8 Å². The van der Waals surface area contributed by atoms with Gasteiger partial charge in [0, 0.05) is 43.5 Å². The summed E-state index contributed by atoms with van der Waals surface area (Å²) >= 11 is 1.11. The number of nitrogens with zero attached hydrogens (tertiary/aromatic N) is 3. The minimum Gasteiger partial charge on any atom is -0.477 e. The number of hydrogen-bond donors (Lipinski definition) is 1. The first kappa shape index (κ1) is 19.5. The zero-order valence-corrected chi connectivity index (χ0v) is 16.2. The molecule has 29 heavy (non-hydrogen) atoms. The van der Waals surface area contributed by atoms with Crippen LogP contribution in [0, 0.1) is 5.82 Å². The van der Waals surface area contributed by atoms with E-state index in [-0.39, 0.29) is 29.1 Å². The molecule has 2 aromatic heterocycles. The number of alkyl halides is 1. The number of pyridine rings is 1. The fourth-order valence-electron chi connectivity index (χ4n) is 3.73. The monoisotopic (exact) mass is 421 g/mol. The summed E-state index contributed by atoms with van der Waals surface area (Å²) in [4.78, 5) is 30.5. The van der Waals surface area contributed by atoms with Crippen molar-refractivity contribution in [3.8, 4) is 0 Å². The average Bonchev–Trinajstić information content (AvgIpc) is 3.17. The van der Waals surface area contributed by atoms with Gasteiger partial charge in [-0.05, 0) is 6.07 Å². The van der Waals surface area contributed by atoms with E-state index in [1.807, 2.05) is 0 Å². The summed E-state index contributed by atoms with van der Waals surface area (Å²) < 4.78 is 35.3. The number of fused-ring (bicyclic) bond motifs is 3. The zero-order valence-electron chi connectivity index (χ0n) is 15.4. The molecule has 1 aliphatic rings. The predicted octanol–water partition coefficient (Wildman–Crippen LogP) is 2.57. The molecule has 1 N–H and O–H groups in total. The van der Waals surface area contributed by atoms with Crippen molar-refractivity contribution >= 4 is 44.9 Å². The lowest BCUT2D eigenvalue weighted by atomic mass is 10.0. The number of benzene rings is 1. The average molecular weight is 421 g/mol. The van der Waals surface area contributed by atoms with Crippen molar-refractivity contribution < 1.29 is 23.4 Å². The number of carboxylic acid groups (broad SMARTS) is 1. The van der Waals surface area contributed by atoms with Crippen LogP contribution in [0.3, 0.4) is 0 Å². The SMILES string of the molecule is CN=Cc1c(N2CCOC(CF)C2)c(F)cc2c(=O)c(C(=O)O)c3sccn3c12. The third-order valence-corrected chi connectivity index (χ3v) is 5.78. The molecule has 0 spiro atoms. The number of ether oxygens (including phenoxy) is 1. The molecule has 0 aliphatic carbocycles. The van der Waals surface area contributed by atoms with E-state index in [1.54, 1.807) is 20.9 Å². The zero-order chi connectivity index (χ0) is 20.7. The van der Waals surface area contributed by atoms with Gasteiger partial charge in [0.1, 0.15) is 29.0 Å². The maximum atomic E-state index is 15.2. The largest absolute Gasteiger partial charge is 0.477 e. The Kier molecular flexibility index (Phi) is 5.05. The van der Waals surface area contributed by atoms with Crippen LogP contribution < -0.4 is 10.3 Å². The topological polar surface area (TPSA) is 83.6 Å². The van der Waals surface area contributed by atoms with Crippen LogP contribution in [0.25, 0.3) is 15.7 Å². The lowest BCUT2D eigenvalue weighted by molar-refractivity contribution is 0.0245. The normalized spacial score (nSPS) is 17.6. The molecule has 1 aliphatic heterocycles. The van der Waals surface area contributed by atoms with Gasteiger partial charge in [0.05, 0.1) is 23.2 Å². The van der Waals surface area contributed by atoms with E-state index in [0.29, 0.717) is 17.6 Å². The lowest BCUT2D eigenvalue weighted by Crippen LogP contribution is -2.44. The Morgan fingerprint density at radius 1 is 1.52 bits per heavy atom. The van der Waals surface area contributed by atoms with Crippen molar-refractivity contribution in [2.75, 3.05) is 38.3 Å². The molecule has 0 bridgehead atoms. The third-order valence-electron chi connectivity index (χ3n) is 4.90. The van der Waals surface area contributed by atoms with Gasteiger partial charge in [0.15, 0.2) is 0 Å². The van der Waals surface area contributed by atoms with Crippen LogP contribution >= 0.6 is 11.3 Å². The van der Waals surface area contributed by atoms with Crippen LogP contribution in [0.2, 0.25) is 0 Å². The first-order chi connectivity index (χ1) is 14.0. The molecule has 3 aromatic rings. The summed E-state index contributed by atoms with van der Waals surface area (Å²) in [6.07, 6.45) is 2.39. The molecule has 1 aromatic carbocycles. The molecule has 0 saturated carbocycles. The van der Waals surface area contributed by atoms with Gasteiger partial charge in [-0.2, -0.15) is 0 Å². The van der Waals surface area contributed by atoms with E-state index in [2.05, 4.69) is 4.99 Å². The number of rotatable bonds is 4. The Morgan fingerprint density at radius 2 is 2.31 bits per heavy atom. The van der Waals surface area contributed by atoms with Gasteiger partial charge >= 0.3 is 5.97 Å². The van der Waals surface area contributed by atoms with Gasteiger partial charge in [0.2, 0.25) is 5.43 Å². The van der Waals surface area contributed by atoms with Crippen LogP contribution in [-0.2, 0) is 4.74 Å². The van der Waals surface area contributed by atoms with E-state index < -0.39 is 35.6 Å². The van der Waals surface area contributed by atoms with Gasteiger partial charge in [-0.1, -0.05) is 0 Å². The minimum absolute atomic E-state index is 0.0512. The van der Waals surface area contributed by atoms with E-state index >= 15 is 4.39 Å². The van der Waals surface area contributed by atoms with Gasteiger partial charge in [-0.3, -0.25) is 9.79 Å². The lowest BCUT2D eigenvalue weighted by Gasteiger charge is -2.34. The van der Waals surface area contributed by atoms with Crippen molar-refractivity contribution in [2.45, 2.75) is 6.10 Å². The van der Waals surface area contributed by atoms with Gasteiger partial charge in [-0.15, -0.1) is 11.3 Å². The second-order valence-corrected chi connectivity index (χ2v) is 7.48. The third kappa shape index (κ3) is 3.08. The van der Waals surface area contributed by atoms with Crippen LogP contribution in [0.1, 0.15) is 15.9 Å². The molecule has 3 heterocycles. The number of anilines is 1. The Hall–Kier alpha value is -2.85. The number of hydrogen-bond acceptors (Lipinski definition) is 6. The highest BCUT2D eigenvalue weighted by Crippen LogP contribution is 2.33. The molecule has 0 amide bonds. The Bertz CT molecular complexity index is 1200. The standard InChI is InChI=1S/C19H17F2N3O4S/c1-22-8-12-15-11(17(25)14(19(26)27)18-24(15)3-5-29-18)6-13(21)16(12)23-2-4-28-10(7-20)9-23/h3,5-6,8,10H,2,4,7,9H2,1H3,(H,26,27). The molecule has 0 radical (unpaired) electrons. The summed E-state index contributed by atoms with van der Waals surface area (Å²) in [5.41, 5.74) is -0.268. The smallest absolute Gasteiger partial charge is 0.342 e. The fourth-order valence-corrected chi connectivity index (χ4v) is 4.60. The number of carboxylic acids is 1. The number of thiazole rings is 1. The highest BCUT2D eigenvalue weighted by atomic mass is 32.1. The highest BCUT2D eigenvalue weighted by Gasteiger charge is 2.28. The van der Waals surface area contributed by atoms with Crippen molar-refractivity contribution in [1.29, 1.82) is 0 Å². The minimum atomic E-state index is -1.37. The number of carbonyl (C=O) groups is 1. The molecule has 1 unspecified atom stereocenters. The van der Waals surface area contributed by atoms with Gasteiger partial charge < -0.3 is 19.1 Å². The Balaban J connectivity index is 2.11. The number of aliphatic imine (C=N–C) groups is 1. The fraction of sp³-hybridized carbons (Fsp3) is 0.316. The molecule has 152 valence electrons. The van der Waals surface area contributed by atoms with Crippen LogP contribution in [0.5, 0.6) is 0 Å². The van der Waals surface area contributed by atoms with Crippen LogP contribution in [0.4, 0.5) is 14.5 Å². The maximum Gasteiger partial charge on any atom is 0.342 e. The van der Waals surface area contributed by atoms with E-state index in [4.69, 9.17) is 4.74 Å². The number of morpholine rings is 1. The maximum absolute atomic E-state index is 15.2. The molecule has 1 atom stereocenters. The first-order valence-corrected chi connectivity index (χ1v) is 9.71. The summed E-state index contributed by atoms with van der Waals surface area (Å²) in [5.74, 6) is -2.07. The van der Waals surface area contributed by atoms with Crippen molar-refractivity contribution in [2.24, 2.45) is 4.99 Å². The second kappa shape index (κ2) is 7.53. The molecule has 7 nitrogen and oxygen atoms in total. The molecular formula is C19H17F2N3O4S. The van der Waals surface area contributed by atoms with Gasteiger partial charge in [0.25, 0.3) is 0 Å². The molecule has 1 saturated heterocycles. The summed E-state index contributed by atoms with van der Waals surface area (Å²) in [6.45, 7) is 0.0381. The highest BCUT2D eigenvalue weighted by molar-refractivity contribution is 7.16. The molecule has 4 rings (SSSR count). The van der Waals surface area contributed by atoms with Crippen LogP contribution in [-0.4, -0.2) is 61.2 Å². The summed E-state index contributed by atoms with van der Waals surface area (Å²) in [6, 6.07) is 1.05.